The third kappa shape index (κ3) is 68.2. The summed E-state index contributed by atoms with van der Waals surface area (Å²) in [6.07, 6.45) is 24.6. The number of unbranched alkanes of at least 4 members (excludes halogenated alkanes) is 1. The summed E-state index contributed by atoms with van der Waals surface area (Å²) in [7, 11) is 0. The van der Waals surface area contributed by atoms with E-state index in [0.29, 0.717) is 0 Å². The van der Waals surface area contributed by atoms with Crippen LogP contribution in [-0.2, 0) is 6.42 Å². The number of rotatable bonds is 3. The molecule has 0 heterocycles. The topological polar surface area (TPSA) is 0 Å². The minimum absolute atomic E-state index is 0.833. The van der Waals surface area contributed by atoms with E-state index in [4.69, 9.17) is 0 Å². The maximum atomic E-state index is 3.36. The molecule has 266 valence electrons. The Morgan fingerprint density at radius 2 is 0.955 bits per heavy atom. The highest BCUT2D eigenvalue weighted by Crippen LogP contribution is 2.31. The average Bonchev–Trinajstić information content (AvgIpc) is 3.95. The quantitative estimate of drug-likeness (QED) is 0.296. The van der Waals surface area contributed by atoms with Gasteiger partial charge in [0.05, 0.1) is 0 Å². The van der Waals surface area contributed by atoms with Gasteiger partial charge in [-0.1, -0.05) is 230 Å². The normalized spacial score (nSPS) is 15.5. The Balaban J connectivity index is -0.000000131. The fourth-order valence-electron chi connectivity index (χ4n) is 3.15. The van der Waals surface area contributed by atoms with E-state index in [-0.39, 0.29) is 0 Å². The molecule has 1 aromatic rings. The standard InChI is InChI=1S/C8H10.C6H12.2C5H10.C4H8.2C4H10.C3H8.C3H6.C2H6/c1-2-8-6-4-3-5-7-8;1-6-4-2-3-5-6;1-5-3-2-4-5;1-2-5-3-4-5;1-4-2-3-4;1-4(2)3;1-3-4-2;2*1-3-2;1-2/h3-7H,2H2,1H3;6H,2-5H2,1H3;2*5H,2-4H2,1H3;4H,2-3H2,1H3;4H,1-3H3;3-4H2,1-2H3;3H2,1-2H3;3H,1H2,2H3;1-2H3. The number of hydrogen-bond donors (Lipinski definition) is 0. The van der Waals surface area contributed by atoms with Crippen molar-refractivity contribution in [3.05, 3.63) is 48.6 Å². The summed E-state index contributed by atoms with van der Waals surface area (Å²) in [6, 6.07) is 10.5. The first kappa shape index (κ1) is 52.5. The maximum absolute atomic E-state index is 3.36. The smallest absolute Gasteiger partial charge is 0.0307 e. The lowest BCUT2D eigenvalue weighted by molar-refractivity contribution is 0.346. The van der Waals surface area contributed by atoms with Crippen molar-refractivity contribution in [2.24, 2.45) is 29.6 Å². The Labute approximate surface area is 284 Å². The Kier molecular flexibility index (Phi) is 55.3. The molecule has 0 heteroatoms. The summed E-state index contributed by atoms with van der Waals surface area (Å²) >= 11 is 0. The summed E-state index contributed by atoms with van der Waals surface area (Å²) in [4.78, 5) is 0. The molecule has 0 N–H and O–H groups in total. The highest BCUT2D eigenvalue weighted by Gasteiger charge is 2.17. The molecule has 0 bridgehead atoms. The van der Waals surface area contributed by atoms with Gasteiger partial charge < -0.3 is 0 Å². The Hall–Kier alpha value is -1.04. The van der Waals surface area contributed by atoms with Crippen LogP contribution in [0.1, 0.15) is 206 Å². The van der Waals surface area contributed by atoms with Crippen molar-refractivity contribution in [3.63, 3.8) is 0 Å². The van der Waals surface area contributed by atoms with Crippen molar-refractivity contribution in [1.29, 1.82) is 0 Å². The van der Waals surface area contributed by atoms with Crippen LogP contribution in [0.15, 0.2) is 43.0 Å². The molecule has 0 spiro atoms. The second-order valence-electron chi connectivity index (χ2n) is 13.6. The van der Waals surface area contributed by atoms with Crippen LogP contribution in [0.4, 0.5) is 0 Å². The van der Waals surface area contributed by atoms with Gasteiger partial charge in [-0.25, -0.2) is 0 Å². The molecule has 0 aliphatic heterocycles. The fourth-order valence-corrected chi connectivity index (χ4v) is 3.15. The number of hydrogen-bond acceptors (Lipinski definition) is 0. The molecule has 0 aromatic heterocycles. The van der Waals surface area contributed by atoms with Crippen LogP contribution in [0.5, 0.6) is 0 Å². The van der Waals surface area contributed by atoms with Gasteiger partial charge in [-0.05, 0) is 48.5 Å². The van der Waals surface area contributed by atoms with Crippen molar-refractivity contribution >= 4 is 0 Å². The van der Waals surface area contributed by atoms with Crippen LogP contribution in [0.3, 0.4) is 0 Å². The summed E-state index contributed by atoms with van der Waals surface area (Å²) in [5.74, 6) is 5.16. The van der Waals surface area contributed by atoms with E-state index < -0.39 is 0 Å². The Morgan fingerprint density at radius 3 is 1.05 bits per heavy atom. The third-order valence-electron chi connectivity index (χ3n) is 6.93. The molecular weight excluding hydrogens is 528 g/mol. The summed E-state index contributed by atoms with van der Waals surface area (Å²) < 4.78 is 0. The van der Waals surface area contributed by atoms with E-state index in [1.807, 2.05) is 26.8 Å². The predicted molar refractivity (Wildman–Crippen MR) is 212 cm³/mol. The number of allylic oxidation sites excluding steroid dienone is 1. The molecule has 4 aliphatic carbocycles. The zero-order valence-electron chi connectivity index (χ0n) is 33.9. The molecule has 0 saturated heterocycles. The maximum Gasteiger partial charge on any atom is -0.0307 e. The fraction of sp³-hybridized carbons (Fsp3) is 0.818. The van der Waals surface area contributed by atoms with E-state index in [0.717, 1.165) is 36.0 Å². The monoisotopic (exact) mass is 619 g/mol. The van der Waals surface area contributed by atoms with Crippen molar-refractivity contribution < 1.29 is 0 Å². The molecular formula is C44H90. The number of benzene rings is 1. The van der Waals surface area contributed by atoms with Crippen LogP contribution in [0.25, 0.3) is 0 Å². The third-order valence-corrected chi connectivity index (χ3v) is 6.93. The highest BCUT2D eigenvalue weighted by molar-refractivity contribution is 5.13. The summed E-state index contributed by atoms with van der Waals surface area (Å²) in [5.41, 5.74) is 1.41. The van der Waals surface area contributed by atoms with Crippen molar-refractivity contribution in [3.8, 4) is 0 Å². The van der Waals surface area contributed by atoms with Crippen molar-refractivity contribution in [2.45, 2.75) is 207 Å². The van der Waals surface area contributed by atoms with E-state index in [1.165, 1.54) is 102 Å². The van der Waals surface area contributed by atoms with Gasteiger partial charge in [0.15, 0.2) is 0 Å². The molecule has 4 saturated carbocycles. The largest absolute Gasteiger partial charge is 0.103 e. The predicted octanol–water partition coefficient (Wildman–Crippen LogP) is 16.6. The molecule has 0 amide bonds. The summed E-state index contributed by atoms with van der Waals surface area (Å²) in [6.45, 7) is 35.7. The van der Waals surface area contributed by atoms with Gasteiger partial charge in [-0.3, -0.25) is 0 Å². The minimum Gasteiger partial charge on any atom is -0.103 e. The van der Waals surface area contributed by atoms with Crippen molar-refractivity contribution in [2.75, 3.05) is 0 Å². The lowest BCUT2D eigenvalue weighted by atomic mass is 9.88. The van der Waals surface area contributed by atoms with Gasteiger partial charge in [0, 0.05) is 0 Å². The molecule has 5 rings (SSSR count). The summed E-state index contributed by atoms with van der Waals surface area (Å²) in [5, 5.41) is 0. The molecule has 4 aliphatic rings. The van der Waals surface area contributed by atoms with Gasteiger partial charge in [0.25, 0.3) is 0 Å². The first-order valence-corrected chi connectivity index (χ1v) is 19.6. The van der Waals surface area contributed by atoms with E-state index >= 15 is 0 Å². The second kappa shape index (κ2) is 46.4. The molecule has 0 radical (unpaired) electrons. The highest BCUT2D eigenvalue weighted by atomic mass is 14.2. The zero-order chi connectivity index (χ0) is 35.0. The van der Waals surface area contributed by atoms with Crippen LogP contribution in [0, 0.1) is 29.6 Å². The van der Waals surface area contributed by atoms with Gasteiger partial charge in [-0.15, -0.1) is 6.58 Å². The van der Waals surface area contributed by atoms with Gasteiger partial charge in [0.1, 0.15) is 0 Å². The van der Waals surface area contributed by atoms with Crippen molar-refractivity contribution in [1.82, 2.24) is 0 Å². The second-order valence-corrected chi connectivity index (χ2v) is 13.6. The Morgan fingerprint density at radius 1 is 0.636 bits per heavy atom. The molecule has 44 heavy (non-hydrogen) atoms. The zero-order valence-corrected chi connectivity index (χ0v) is 33.9. The van der Waals surface area contributed by atoms with Crippen LogP contribution in [-0.4, -0.2) is 0 Å². The minimum atomic E-state index is 0.833. The molecule has 4 fully saturated rings. The molecule has 0 nitrogen and oxygen atoms in total. The molecule has 1 aromatic carbocycles. The van der Waals surface area contributed by atoms with Gasteiger partial charge >= 0.3 is 0 Å². The lowest BCUT2D eigenvalue weighted by Gasteiger charge is -2.18. The first-order valence-electron chi connectivity index (χ1n) is 19.6. The van der Waals surface area contributed by atoms with E-state index in [2.05, 4.69) is 114 Å². The SMILES string of the molecule is C=CC.CC.CC(C)C.CC1CC1.CC1CCC1.CC1CCCC1.CCC.CCC1CC1.CCCC.CCc1ccccc1. The molecule has 0 atom stereocenters. The van der Waals surface area contributed by atoms with Crippen LogP contribution < -0.4 is 0 Å². The van der Waals surface area contributed by atoms with E-state index in [9.17, 15) is 0 Å². The van der Waals surface area contributed by atoms with Crippen LogP contribution >= 0.6 is 0 Å². The van der Waals surface area contributed by atoms with E-state index in [1.54, 1.807) is 6.08 Å². The van der Waals surface area contributed by atoms with Crippen LogP contribution in [0.2, 0.25) is 0 Å². The average molecular weight is 619 g/mol. The molecule has 0 unspecified atom stereocenters. The van der Waals surface area contributed by atoms with Gasteiger partial charge in [-0.2, -0.15) is 0 Å². The first-order chi connectivity index (χ1) is 21.0. The van der Waals surface area contributed by atoms with Gasteiger partial charge in [0.2, 0.25) is 0 Å². The lowest BCUT2D eigenvalue weighted by Crippen LogP contribution is -2.04. The Bertz CT molecular complexity index is 548. The number of aryl methyl sites for hydroxylation is 1.